The van der Waals surface area contributed by atoms with Crippen LogP contribution in [0.1, 0.15) is 6.92 Å². The summed E-state index contributed by atoms with van der Waals surface area (Å²) in [7, 11) is -3.89. The average molecular weight is 292 g/mol. The number of nitrogens with zero attached hydrogens (tertiary/aromatic N) is 1. The van der Waals surface area contributed by atoms with Gasteiger partial charge in [0.05, 0.1) is 16.6 Å². The van der Waals surface area contributed by atoms with Crippen LogP contribution in [0.4, 0.5) is 0 Å². The predicted octanol–water partition coefficient (Wildman–Crippen LogP) is 1.05. The Bertz CT molecular complexity index is 678. The van der Waals surface area contributed by atoms with Crippen LogP contribution < -0.4 is 5.73 Å². The highest BCUT2D eigenvalue weighted by Crippen LogP contribution is 2.30. The quantitative estimate of drug-likeness (QED) is 0.841. The molecule has 0 aromatic heterocycles. The minimum Gasteiger partial charge on any atom is -0.399 e. The van der Waals surface area contributed by atoms with Crippen LogP contribution in [0.3, 0.4) is 0 Å². The Balaban J connectivity index is 2.52. The van der Waals surface area contributed by atoms with Crippen LogP contribution in [0.5, 0.6) is 0 Å². The molecule has 1 aromatic rings. The molecule has 5 nitrogen and oxygen atoms in total. The van der Waals surface area contributed by atoms with E-state index in [4.69, 9.17) is 5.73 Å². The van der Waals surface area contributed by atoms with Crippen molar-refractivity contribution in [2.75, 3.05) is 6.54 Å². The molecule has 2 rings (SSSR count). The first-order valence-corrected chi connectivity index (χ1v) is 7.61. The SMILES string of the molecule is C=CCN1C(=O)C(S(=O)(=O)c2ccccc2)=C(N)C1C. The summed E-state index contributed by atoms with van der Waals surface area (Å²) in [5.41, 5.74) is 5.94. The van der Waals surface area contributed by atoms with Crippen molar-refractivity contribution in [3.8, 4) is 0 Å². The summed E-state index contributed by atoms with van der Waals surface area (Å²) in [6.07, 6.45) is 1.54. The van der Waals surface area contributed by atoms with Gasteiger partial charge in [-0.1, -0.05) is 24.3 Å². The lowest BCUT2D eigenvalue weighted by molar-refractivity contribution is -0.125. The Morgan fingerprint density at radius 2 is 1.95 bits per heavy atom. The van der Waals surface area contributed by atoms with E-state index in [2.05, 4.69) is 6.58 Å². The number of carbonyl (C=O) groups is 1. The molecule has 1 aromatic carbocycles. The molecule has 106 valence electrons. The molecule has 0 bridgehead atoms. The molecule has 2 N–H and O–H groups in total. The first-order chi connectivity index (χ1) is 9.41. The maximum atomic E-state index is 12.5. The van der Waals surface area contributed by atoms with Crippen molar-refractivity contribution in [1.82, 2.24) is 4.90 Å². The first kappa shape index (κ1) is 14.3. The molecular weight excluding hydrogens is 276 g/mol. The van der Waals surface area contributed by atoms with E-state index in [1.807, 2.05) is 0 Å². The van der Waals surface area contributed by atoms with Crippen LogP contribution >= 0.6 is 0 Å². The van der Waals surface area contributed by atoms with Gasteiger partial charge in [-0.05, 0) is 19.1 Å². The standard InChI is InChI=1S/C14H16N2O3S/c1-3-9-16-10(2)12(15)13(14(16)17)20(18,19)11-7-5-4-6-8-11/h3-8,10H,1,9,15H2,2H3. The van der Waals surface area contributed by atoms with E-state index in [0.717, 1.165) is 0 Å². The Morgan fingerprint density at radius 3 is 2.50 bits per heavy atom. The summed E-state index contributed by atoms with van der Waals surface area (Å²) >= 11 is 0. The number of amides is 1. The van der Waals surface area contributed by atoms with E-state index in [1.54, 1.807) is 31.2 Å². The van der Waals surface area contributed by atoms with E-state index in [-0.39, 0.29) is 22.0 Å². The number of sulfone groups is 1. The van der Waals surface area contributed by atoms with Gasteiger partial charge in [-0.15, -0.1) is 6.58 Å². The maximum Gasteiger partial charge on any atom is 0.268 e. The molecule has 1 unspecified atom stereocenters. The summed E-state index contributed by atoms with van der Waals surface area (Å²) in [4.78, 5) is 13.4. The van der Waals surface area contributed by atoms with E-state index in [1.165, 1.54) is 17.0 Å². The van der Waals surface area contributed by atoms with Gasteiger partial charge >= 0.3 is 0 Å². The number of hydrogen-bond acceptors (Lipinski definition) is 4. The Morgan fingerprint density at radius 1 is 1.35 bits per heavy atom. The third kappa shape index (κ3) is 2.12. The zero-order chi connectivity index (χ0) is 14.9. The van der Waals surface area contributed by atoms with Gasteiger partial charge in [0.1, 0.15) is 0 Å². The van der Waals surface area contributed by atoms with Gasteiger partial charge in [0.2, 0.25) is 9.84 Å². The van der Waals surface area contributed by atoms with Crippen LogP contribution in [-0.4, -0.2) is 31.8 Å². The number of benzene rings is 1. The molecule has 1 atom stereocenters. The zero-order valence-electron chi connectivity index (χ0n) is 11.1. The molecule has 1 aliphatic rings. The van der Waals surface area contributed by atoms with Gasteiger partial charge in [-0.25, -0.2) is 8.42 Å². The fourth-order valence-electron chi connectivity index (χ4n) is 2.16. The lowest BCUT2D eigenvalue weighted by atomic mass is 10.3. The number of hydrogen-bond donors (Lipinski definition) is 1. The molecule has 0 spiro atoms. The fourth-order valence-corrected chi connectivity index (χ4v) is 3.73. The van der Waals surface area contributed by atoms with Crippen LogP contribution in [0.2, 0.25) is 0 Å². The molecular formula is C14H16N2O3S. The molecule has 1 aliphatic heterocycles. The van der Waals surface area contributed by atoms with Crippen molar-refractivity contribution in [3.63, 3.8) is 0 Å². The molecule has 1 amide bonds. The molecule has 0 radical (unpaired) electrons. The smallest absolute Gasteiger partial charge is 0.268 e. The average Bonchev–Trinajstić information content (AvgIpc) is 2.64. The second kappa shape index (κ2) is 5.13. The second-order valence-electron chi connectivity index (χ2n) is 4.52. The third-order valence-electron chi connectivity index (χ3n) is 3.28. The Hall–Kier alpha value is -2.08. The lowest BCUT2D eigenvalue weighted by Crippen LogP contribution is -2.35. The van der Waals surface area contributed by atoms with Crippen molar-refractivity contribution >= 4 is 15.7 Å². The van der Waals surface area contributed by atoms with Gasteiger partial charge in [0.25, 0.3) is 5.91 Å². The van der Waals surface area contributed by atoms with Gasteiger partial charge in [0.15, 0.2) is 4.91 Å². The van der Waals surface area contributed by atoms with Gasteiger partial charge in [0, 0.05) is 6.54 Å². The maximum absolute atomic E-state index is 12.5. The summed E-state index contributed by atoms with van der Waals surface area (Å²) in [6, 6.07) is 7.36. The summed E-state index contributed by atoms with van der Waals surface area (Å²) in [6.45, 7) is 5.52. The van der Waals surface area contributed by atoms with Gasteiger partial charge < -0.3 is 10.6 Å². The van der Waals surface area contributed by atoms with E-state index < -0.39 is 21.8 Å². The van der Waals surface area contributed by atoms with Crippen molar-refractivity contribution < 1.29 is 13.2 Å². The largest absolute Gasteiger partial charge is 0.399 e. The predicted molar refractivity (Wildman–Crippen MR) is 76.2 cm³/mol. The van der Waals surface area contributed by atoms with Crippen molar-refractivity contribution in [2.45, 2.75) is 17.9 Å². The molecule has 6 heteroatoms. The first-order valence-electron chi connectivity index (χ1n) is 6.13. The molecule has 0 saturated heterocycles. The van der Waals surface area contributed by atoms with Crippen molar-refractivity contribution in [1.29, 1.82) is 0 Å². The van der Waals surface area contributed by atoms with Crippen LogP contribution in [0, 0.1) is 0 Å². The molecule has 0 aliphatic carbocycles. The van der Waals surface area contributed by atoms with E-state index in [9.17, 15) is 13.2 Å². The highest BCUT2D eigenvalue weighted by Gasteiger charge is 2.42. The van der Waals surface area contributed by atoms with Crippen molar-refractivity contribution in [3.05, 3.63) is 53.6 Å². The highest BCUT2D eigenvalue weighted by atomic mass is 32.2. The minimum atomic E-state index is -3.89. The molecule has 0 fully saturated rings. The summed E-state index contributed by atoms with van der Waals surface area (Å²) in [5.74, 6) is -0.571. The second-order valence-corrected chi connectivity index (χ2v) is 6.41. The molecule has 0 saturated carbocycles. The number of nitrogens with two attached hydrogens (primary N) is 1. The Labute approximate surface area is 118 Å². The zero-order valence-corrected chi connectivity index (χ0v) is 11.9. The van der Waals surface area contributed by atoms with E-state index in [0.29, 0.717) is 0 Å². The van der Waals surface area contributed by atoms with Gasteiger partial charge in [-0.3, -0.25) is 4.79 Å². The van der Waals surface area contributed by atoms with Crippen LogP contribution in [0.25, 0.3) is 0 Å². The third-order valence-corrected chi connectivity index (χ3v) is 5.12. The normalized spacial score (nSPS) is 19.6. The molecule has 1 heterocycles. The Kier molecular flexibility index (Phi) is 3.67. The van der Waals surface area contributed by atoms with Crippen LogP contribution in [0.15, 0.2) is 58.5 Å². The fraction of sp³-hybridized carbons (Fsp3) is 0.214. The number of rotatable bonds is 4. The van der Waals surface area contributed by atoms with Gasteiger partial charge in [-0.2, -0.15) is 0 Å². The van der Waals surface area contributed by atoms with Crippen LogP contribution in [-0.2, 0) is 14.6 Å². The number of carbonyl (C=O) groups excluding carboxylic acids is 1. The summed E-state index contributed by atoms with van der Waals surface area (Å²) in [5, 5.41) is 0. The highest BCUT2D eigenvalue weighted by molar-refractivity contribution is 7.96. The monoisotopic (exact) mass is 292 g/mol. The van der Waals surface area contributed by atoms with E-state index >= 15 is 0 Å². The topological polar surface area (TPSA) is 80.5 Å². The minimum absolute atomic E-state index is 0.0685. The summed E-state index contributed by atoms with van der Waals surface area (Å²) < 4.78 is 25.1. The van der Waals surface area contributed by atoms with Crippen molar-refractivity contribution in [2.24, 2.45) is 5.73 Å². The lowest BCUT2D eigenvalue weighted by Gasteiger charge is -2.20. The molecule has 20 heavy (non-hydrogen) atoms.